The Morgan fingerprint density at radius 2 is 1.50 bits per heavy atom. The average Bonchev–Trinajstić information content (AvgIpc) is 3.27. The summed E-state index contributed by atoms with van der Waals surface area (Å²) in [6.07, 6.45) is 5.95. The van der Waals surface area contributed by atoms with E-state index in [0.29, 0.717) is 26.2 Å². The summed E-state index contributed by atoms with van der Waals surface area (Å²) in [5.74, 6) is -0.276. The second kappa shape index (κ2) is 8.20. The van der Waals surface area contributed by atoms with E-state index in [1.54, 1.807) is 22.8 Å². The molecular formula is C28H33FN4O3. The van der Waals surface area contributed by atoms with E-state index in [1.165, 1.54) is 17.7 Å². The van der Waals surface area contributed by atoms with Crippen molar-refractivity contribution in [2.75, 3.05) is 18.4 Å². The number of nitrogens with zero attached hydrogens (tertiary/aromatic N) is 2. The van der Waals surface area contributed by atoms with Crippen LogP contribution >= 0.6 is 0 Å². The Morgan fingerprint density at radius 3 is 2.14 bits per heavy atom. The summed E-state index contributed by atoms with van der Waals surface area (Å²) in [6, 6.07) is 12.6. The van der Waals surface area contributed by atoms with Crippen LogP contribution in [0.15, 0.2) is 42.5 Å². The minimum Gasteiger partial charge on any atom is -0.386 e. The Bertz CT molecular complexity index is 1180. The van der Waals surface area contributed by atoms with Crippen molar-refractivity contribution < 1.29 is 19.1 Å². The second-order valence-electron chi connectivity index (χ2n) is 11.6. The molecule has 0 aromatic heterocycles. The van der Waals surface area contributed by atoms with Crippen molar-refractivity contribution in [1.82, 2.24) is 15.1 Å². The highest BCUT2D eigenvalue weighted by Crippen LogP contribution is 2.53. The summed E-state index contributed by atoms with van der Waals surface area (Å²) < 4.78 is 13.5. The number of amides is 4. The van der Waals surface area contributed by atoms with Crippen LogP contribution < -0.4 is 10.6 Å². The van der Waals surface area contributed by atoms with E-state index >= 15 is 0 Å². The highest BCUT2D eigenvalue weighted by Gasteiger charge is 2.51. The van der Waals surface area contributed by atoms with Crippen LogP contribution in [0.3, 0.4) is 0 Å². The monoisotopic (exact) mass is 492 g/mol. The maximum absolute atomic E-state index is 13.5. The molecule has 8 heteroatoms. The van der Waals surface area contributed by atoms with E-state index < -0.39 is 5.60 Å². The molecule has 2 aliphatic heterocycles. The summed E-state index contributed by atoms with van der Waals surface area (Å²) in [6.45, 7) is 3.44. The number of anilines is 1. The topological polar surface area (TPSA) is 84.9 Å². The maximum atomic E-state index is 13.5. The van der Waals surface area contributed by atoms with E-state index in [9.17, 15) is 19.1 Å². The highest BCUT2D eigenvalue weighted by molar-refractivity contribution is 5.89. The molecule has 4 fully saturated rings. The number of nitrogens with one attached hydrogen (secondary N) is 2. The van der Waals surface area contributed by atoms with Gasteiger partial charge in [-0.2, -0.15) is 0 Å². The highest BCUT2D eigenvalue weighted by atomic mass is 19.1. The third kappa shape index (κ3) is 4.11. The number of hydrogen-bond donors (Lipinski definition) is 3. The van der Waals surface area contributed by atoms with Crippen LogP contribution in [0.2, 0.25) is 0 Å². The van der Waals surface area contributed by atoms with Gasteiger partial charge in [0.2, 0.25) is 0 Å². The third-order valence-corrected chi connectivity index (χ3v) is 8.90. The first kappa shape index (κ1) is 23.3. The standard InChI is InChI=1S/C28H33FN4O3/c1-26(36)17-33(18-26)25(35)31-28-11-8-27(9-12-28,10-13-28)21-3-6-23(7-4-21)30-24(34)32-15-19-2-5-22(29)14-20(19)16-32/h2-7,14,36H,8-13,15-18H2,1H3,(H,30,34)(H,31,35). The molecule has 7 nitrogen and oxygen atoms in total. The Morgan fingerprint density at radius 1 is 0.861 bits per heavy atom. The number of halogens is 1. The lowest BCUT2D eigenvalue weighted by Crippen LogP contribution is -2.67. The maximum Gasteiger partial charge on any atom is 0.322 e. The average molecular weight is 493 g/mol. The zero-order valence-corrected chi connectivity index (χ0v) is 20.6. The Balaban J connectivity index is 1.05. The number of aliphatic hydroxyl groups is 1. The van der Waals surface area contributed by atoms with Gasteiger partial charge in [0.05, 0.1) is 18.7 Å². The molecule has 7 rings (SSSR count). The van der Waals surface area contributed by atoms with Crippen LogP contribution in [0.25, 0.3) is 0 Å². The number of fused-ring (bicyclic) bond motifs is 4. The molecule has 0 radical (unpaired) electrons. The smallest absolute Gasteiger partial charge is 0.322 e. The lowest BCUT2D eigenvalue weighted by atomic mass is 9.55. The van der Waals surface area contributed by atoms with Crippen LogP contribution in [0, 0.1) is 5.82 Å². The quantitative estimate of drug-likeness (QED) is 0.590. The van der Waals surface area contributed by atoms with Crippen LogP contribution in [0.1, 0.15) is 62.1 Å². The minimum absolute atomic E-state index is 0.0535. The molecule has 0 spiro atoms. The number of carbonyl (C=O) groups is 2. The molecule has 36 heavy (non-hydrogen) atoms. The van der Waals surface area contributed by atoms with Crippen molar-refractivity contribution in [3.05, 3.63) is 65.0 Å². The SMILES string of the molecule is CC1(O)CN(C(=O)NC23CCC(c4ccc(NC(=O)N5Cc6ccc(F)cc6C5)cc4)(CC2)CC3)C1. The van der Waals surface area contributed by atoms with Gasteiger partial charge in [-0.15, -0.1) is 0 Å². The minimum atomic E-state index is -0.756. The molecule has 3 N–H and O–H groups in total. The molecule has 3 aliphatic carbocycles. The molecule has 4 amide bonds. The van der Waals surface area contributed by atoms with E-state index in [-0.39, 0.29) is 28.8 Å². The van der Waals surface area contributed by atoms with E-state index in [1.807, 2.05) is 12.1 Å². The number of benzene rings is 2. The lowest BCUT2D eigenvalue weighted by molar-refractivity contribution is -0.0634. The molecule has 0 atom stereocenters. The summed E-state index contributed by atoms with van der Waals surface area (Å²) >= 11 is 0. The van der Waals surface area contributed by atoms with E-state index in [0.717, 1.165) is 55.3 Å². The first-order valence-corrected chi connectivity index (χ1v) is 12.9. The molecule has 3 saturated carbocycles. The molecule has 2 bridgehead atoms. The van der Waals surface area contributed by atoms with Gasteiger partial charge in [0.1, 0.15) is 5.82 Å². The van der Waals surface area contributed by atoms with Gasteiger partial charge >= 0.3 is 12.1 Å². The Hall–Kier alpha value is -3.13. The summed E-state index contributed by atoms with van der Waals surface area (Å²) in [5.41, 5.74) is 3.12. The van der Waals surface area contributed by atoms with Gasteiger partial charge in [-0.05, 0) is 91.8 Å². The molecule has 190 valence electrons. The Kier molecular flexibility index (Phi) is 5.30. The van der Waals surface area contributed by atoms with E-state index in [4.69, 9.17) is 0 Å². The van der Waals surface area contributed by atoms with Gasteiger partial charge in [-0.25, -0.2) is 14.0 Å². The number of likely N-dealkylation sites (tertiary alicyclic amines) is 1. The zero-order chi connectivity index (χ0) is 25.1. The van der Waals surface area contributed by atoms with Crippen molar-refractivity contribution in [3.63, 3.8) is 0 Å². The van der Waals surface area contributed by atoms with Crippen molar-refractivity contribution >= 4 is 17.7 Å². The summed E-state index contributed by atoms with van der Waals surface area (Å²) in [5, 5.41) is 16.2. The number of rotatable bonds is 3. The fourth-order valence-electron chi connectivity index (χ4n) is 6.65. The van der Waals surface area contributed by atoms with Crippen molar-refractivity contribution in [3.8, 4) is 0 Å². The normalized spacial score (nSPS) is 27.9. The second-order valence-corrected chi connectivity index (χ2v) is 11.6. The van der Waals surface area contributed by atoms with Gasteiger partial charge in [-0.1, -0.05) is 18.2 Å². The number of hydrogen-bond acceptors (Lipinski definition) is 3. The molecule has 5 aliphatic rings. The number of urea groups is 2. The van der Waals surface area contributed by atoms with Crippen molar-refractivity contribution in [2.24, 2.45) is 0 Å². The van der Waals surface area contributed by atoms with Crippen molar-refractivity contribution in [2.45, 2.75) is 75.1 Å². The number of β-amino-alcohol motifs (C(OH)–C–C–N with tert-alkyl or cyclic N) is 1. The molecule has 1 saturated heterocycles. The van der Waals surface area contributed by atoms with Crippen LogP contribution in [-0.4, -0.2) is 51.2 Å². The Labute approximate surface area is 210 Å². The largest absolute Gasteiger partial charge is 0.386 e. The molecule has 2 heterocycles. The van der Waals surface area contributed by atoms with Crippen LogP contribution in [-0.2, 0) is 18.5 Å². The van der Waals surface area contributed by atoms with Crippen molar-refractivity contribution in [1.29, 1.82) is 0 Å². The van der Waals surface area contributed by atoms with Crippen LogP contribution in [0.5, 0.6) is 0 Å². The third-order valence-electron chi connectivity index (χ3n) is 8.90. The first-order chi connectivity index (χ1) is 17.1. The fraction of sp³-hybridized carbons (Fsp3) is 0.500. The summed E-state index contributed by atoms with van der Waals surface area (Å²) in [4.78, 5) is 28.8. The molecule has 0 unspecified atom stereocenters. The van der Waals surface area contributed by atoms with Crippen LogP contribution in [0.4, 0.5) is 19.7 Å². The van der Waals surface area contributed by atoms with Gasteiger partial charge < -0.3 is 25.5 Å². The predicted molar refractivity (Wildman–Crippen MR) is 134 cm³/mol. The zero-order valence-electron chi connectivity index (χ0n) is 20.6. The van der Waals surface area contributed by atoms with Gasteiger partial charge in [0.15, 0.2) is 0 Å². The van der Waals surface area contributed by atoms with Gasteiger partial charge in [0.25, 0.3) is 0 Å². The molecule has 2 aromatic rings. The lowest BCUT2D eigenvalue weighted by Gasteiger charge is -2.55. The van der Waals surface area contributed by atoms with Gasteiger partial charge in [-0.3, -0.25) is 0 Å². The summed E-state index contributed by atoms with van der Waals surface area (Å²) in [7, 11) is 0. The predicted octanol–water partition coefficient (Wildman–Crippen LogP) is 4.49. The fourth-order valence-corrected chi connectivity index (χ4v) is 6.65. The molecule has 2 aromatic carbocycles. The first-order valence-electron chi connectivity index (χ1n) is 12.9. The van der Waals surface area contributed by atoms with E-state index in [2.05, 4.69) is 22.8 Å². The number of carbonyl (C=O) groups excluding carboxylic acids is 2. The molecular weight excluding hydrogens is 459 g/mol. The van der Waals surface area contributed by atoms with Gasteiger partial charge in [0, 0.05) is 24.3 Å².